The molecule has 3 heteroatoms. The molecule has 1 N–H and O–H groups in total. The Bertz CT molecular complexity index is 232. The van der Waals surface area contributed by atoms with Gasteiger partial charge < -0.3 is 10.2 Å². The third-order valence-corrected chi connectivity index (χ3v) is 5.05. The summed E-state index contributed by atoms with van der Waals surface area (Å²) in [7, 11) is 2.26. The van der Waals surface area contributed by atoms with Crippen molar-refractivity contribution in [2.75, 3.05) is 46.3 Å². The molecule has 0 bridgehead atoms. The third kappa shape index (κ3) is 2.01. The summed E-state index contributed by atoms with van der Waals surface area (Å²) in [6, 6.07) is 0.922. The second kappa shape index (κ2) is 4.28. The zero-order chi connectivity index (χ0) is 11.0. The summed E-state index contributed by atoms with van der Waals surface area (Å²) in [5, 5.41) is 3.45. The van der Waals surface area contributed by atoms with Gasteiger partial charge >= 0.3 is 0 Å². The van der Waals surface area contributed by atoms with Gasteiger partial charge in [-0.3, -0.25) is 4.90 Å². The summed E-state index contributed by atoms with van der Waals surface area (Å²) in [4.78, 5) is 5.21. The Hall–Kier alpha value is -0.120. The molecule has 16 heavy (non-hydrogen) atoms. The Balaban J connectivity index is 1.49. The van der Waals surface area contributed by atoms with Crippen LogP contribution in [-0.4, -0.2) is 62.2 Å². The van der Waals surface area contributed by atoms with E-state index in [4.69, 9.17) is 0 Å². The van der Waals surface area contributed by atoms with Crippen molar-refractivity contribution >= 4 is 0 Å². The van der Waals surface area contributed by atoms with Crippen molar-refractivity contribution in [3.8, 4) is 0 Å². The normalized spacial score (nSPS) is 32.8. The van der Waals surface area contributed by atoms with E-state index in [1.165, 1.54) is 65.0 Å². The van der Waals surface area contributed by atoms with Gasteiger partial charge in [-0.2, -0.15) is 0 Å². The van der Waals surface area contributed by atoms with Crippen molar-refractivity contribution in [3.63, 3.8) is 0 Å². The van der Waals surface area contributed by atoms with E-state index in [1.54, 1.807) is 0 Å². The number of nitrogens with zero attached hydrogens (tertiary/aromatic N) is 2. The molecule has 0 unspecified atom stereocenters. The van der Waals surface area contributed by atoms with Crippen LogP contribution < -0.4 is 5.32 Å². The Morgan fingerprint density at radius 3 is 2.25 bits per heavy atom. The Labute approximate surface area is 99.2 Å². The van der Waals surface area contributed by atoms with Crippen LogP contribution in [0.5, 0.6) is 0 Å². The summed E-state index contributed by atoms with van der Waals surface area (Å²) < 4.78 is 0. The van der Waals surface area contributed by atoms with E-state index >= 15 is 0 Å². The molecule has 0 aromatic carbocycles. The molecule has 2 heterocycles. The van der Waals surface area contributed by atoms with Crippen molar-refractivity contribution in [2.24, 2.45) is 5.41 Å². The van der Waals surface area contributed by atoms with Gasteiger partial charge in [-0.1, -0.05) is 0 Å². The minimum absolute atomic E-state index is 0.752. The highest BCUT2D eigenvalue weighted by Gasteiger charge is 2.47. The summed E-state index contributed by atoms with van der Waals surface area (Å²) in [5.41, 5.74) is 0.752. The fourth-order valence-corrected chi connectivity index (χ4v) is 3.75. The maximum atomic E-state index is 3.45. The van der Waals surface area contributed by atoms with E-state index in [0.717, 1.165) is 11.5 Å². The van der Waals surface area contributed by atoms with Crippen molar-refractivity contribution in [2.45, 2.75) is 31.7 Å². The highest BCUT2D eigenvalue weighted by molar-refractivity contribution is 5.01. The first-order valence-electron chi connectivity index (χ1n) is 6.91. The molecule has 1 saturated carbocycles. The second-order valence-corrected chi connectivity index (χ2v) is 6.15. The fourth-order valence-electron chi connectivity index (χ4n) is 3.75. The van der Waals surface area contributed by atoms with Crippen molar-refractivity contribution in [1.82, 2.24) is 15.1 Å². The van der Waals surface area contributed by atoms with Crippen LogP contribution in [0.2, 0.25) is 0 Å². The molecule has 0 aromatic heterocycles. The number of hydrogen-bond donors (Lipinski definition) is 1. The van der Waals surface area contributed by atoms with Gasteiger partial charge in [0, 0.05) is 32.2 Å². The van der Waals surface area contributed by atoms with E-state index < -0.39 is 0 Å². The van der Waals surface area contributed by atoms with Crippen LogP contribution in [0, 0.1) is 5.41 Å². The molecule has 0 radical (unpaired) electrons. The molecule has 0 aromatic rings. The van der Waals surface area contributed by atoms with E-state index in [0.29, 0.717) is 0 Å². The average molecular weight is 223 g/mol. The molecule has 0 amide bonds. The summed E-state index contributed by atoms with van der Waals surface area (Å²) >= 11 is 0. The number of nitrogens with one attached hydrogen (secondary N) is 1. The SMILES string of the molecule is CN1CCC2(CC1)CC(N1CCNCC1)C2. The third-order valence-electron chi connectivity index (χ3n) is 5.05. The van der Waals surface area contributed by atoms with Gasteiger partial charge in [-0.25, -0.2) is 0 Å². The largest absolute Gasteiger partial charge is 0.314 e. The highest BCUT2D eigenvalue weighted by Crippen LogP contribution is 2.50. The molecule has 92 valence electrons. The van der Waals surface area contributed by atoms with Gasteiger partial charge in [0.25, 0.3) is 0 Å². The first-order valence-corrected chi connectivity index (χ1v) is 6.91. The number of hydrogen-bond acceptors (Lipinski definition) is 3. The molecule has 1 spiro atoms. The minimum atomic E-state index is 0.752. The average Bonchev–Trinajstić information content (AvgIpc) is 2.29. The van der Waals surface area contributed by atoms with E-state index in [9.17, 15) is 0 Å². The number of piperidine rings is 1. The molecule has 3 fully saturated rings. The molecule has 2 aliphatic heterocycles. The van der Waals surface area contributed by atoms with Crippen molar-refractivity contribution in [1.29, 1.82) is 0 Å². The lowest BCUT2D eigenvalue weighted by atomic mass is 9.60. The van der Waals surface area contributed by atoms with Crippen molar-refractivity contribution < 1.29 is 0 Å². The topological polar surface area (TPSA) is 18.5 Å². The van der Waals surface area contributed by atoms with Crippen LogP contribution in [0.4, 0.5) is 0 Å². The molecule has 3 aliphatic rings. The Kier molecular flexibility index (Phi) is 2.94. The van der Waals surface area contributed by atoms with Crippen LogP contribution in [0.25, 0.3) is 0 Å². The lowest BCUT2D eigenvalue weighted by Crippen LogP contribution is -2.58. The molecular weight excluding hydrogens is 198 g/mol. The molecule has 1 aliphatic carbocycles. The van der Waals surface area contributed by atoms with E-state index in [-0.39, 0.29) is 0 Å². The van der Waals surface area contributed by atoms with E-state index in [1.807, 2.05) is 0 Å². The molecule has 3 rings (SSSR count). The second-order valence-electron chi connectivity index (χ2n) is 6.15. The summed E-state index contributed by atoms with van der Waals surface area (Å²) in [5.74, 6) is 0. The van der Waals surface area contributed by atoms with Gasteiger partial charge in [0.05, 0.1) is 0 Å². The Morgan fingerprint density at radius 2 is 1.62 bits per heavy atom. The highest BCUT2D eigenvalue weighted by atomic mass is 15.2. The van der Waals surface area contributed by atoms with Gasteiger partial charge in [-0.15, -0.1) is 0 Å². The maximum absolute atomic E-state index is 3.45. The summed E-state index contributed by atoms with van der Waals surface area (Å²) in [6.07, 6.45) is 5.87. The van der Waals surface area contributed by atoms with Crippen LogP contribution >= 0.6 is 0 Å². The van der Waals surface area contributed by atoms with Crippen LogP contribution in [0.1, 0.15) is 25.7 Å². The number of piperazine rings is 1. The van der Waals surface area contributed by atoms with Crippen LogP contribution in [0.3, 0.4) is 0 Å². The zero-order valence-corrected chi connectivity index (χ0v) is 10.5. The first kappa shape index (κ1) is 11.0. The monoisotopic (exact) mass is 223 g/mol. The maximum Gasteiger partial charge on any atom is 0.0110 e. The lowest BCUT2D eigenvalue weighted by Gasteiger charge is -2.55. The quantitative estimate of drug-likeness (QED) is 0.708. The predicted octanol–water partition coefficient (Wildman–Crippen LogP) is 0.766. The standard InChI is InChI=1S/C13H25N3/c1-15-6-2-13(3-7-15)10-12(11-13)16-8-4-14-5-9-16/h12,14H,2-11H2,1H3. The number of rotatable bonds is 1. The summed E-state index contributed by atoms with van der Waals surface area (Å²) in [6.45, 7) is 7.61. The van der Waals surface area contributed by atoms with Crippen LogP contribution in [0.15, 0.2) is 0 Å². The zero-order valence-electron chi connectivity index (χ0n) is 10.5. The first-order chi connectivity index (χ1) is 7.77. The molecule has 2 saturated heterocycles. The Morgan fingerprint density at radius 1 is 1.00 bits per heavy atom. The van der Waals surface area contributed by atoms with Gasteiger partial charge in [-0.05, 0) is 51.2 Å². The number of likely N-dealkylation sites (tertiary alicyclic amines) is 1. The van der Waals surface area contributed by atoms with Gasteiger partial charge in [0.1, 0.15) is 0 Å². The molecular formula is C13H25N3. The fraction of sp³-hybridized carbons (Fsp3) is 1.00. The molecule has 3 nitrogen and oxygen atoms in total. The molecule has 0 atom stereocenters. The van der Waals surface area contributed by atoms with Gasteiger partial charge in [0.2, 0.25) is 0 Å². The smallest absolute Gasteiger partial charge is 0.0110 e. The lowest BCUT2D eigenvalue weighted by molar-refractivity contribution is -0.0419. The van der Waals surface area contributed by atoms with E-state index in [2.05, 4.69) is 22.2 Å². The minimum Gasteiger partial charge on any atom is -0.314 e. The predicted molar refractivity (Wildman–Crippen MR) is 66.6 cm³/mol. The van der Waals surface area contributed by atoms with Crippen LogP contribution in [-0.2, 0) is 0 Å². The van der Waals surface area contributed by atoms with Crippen molar-refractivity contribution in [3.05, 3.63) is 0 Å². The van der Waals surface area contributed by atoms with Gasteiger partial charge in [0.15, 0.2) is 0 Å².